The molecule has 2 aromatic carbocycles. The van der Waals surface area contributed by atoms with E-state index in [9.17, 15) is 9.59 Å². The number of unbranched alkanes of at least 4 members (excludes halogenated alkanes) is 2. The number of carbonyl (C=O) groups is 2. The van der Waals surface area contributed by atoms with Gasteiger partial charge in [0.25, 0.3) is 0 Å². The minimum atomic E-state index is -0.493. The van der Waals surface area contributed by atoms with Gasteiger partial charge in [-0.2, -0.15) is 0 Å². The average molecular weight is 384 g/mol. The fourth-order valence-electron chi connectivity index (χ4n) is 2.73. The first kappa shape index (κ1) is 20.6. The first-order chi connectivity index (χ1) is 13.1. The quantitative estimate of drug-likeness (QED) is 0.389. The zero-order chi connectivity index (χ0) is 19.5. The Morgan fingerprint density at radius 3 is 1.96 bits per heavy atom. The van der Waals surface area contributed by atoms with Crippen molar-refractivity contribution in [2.75, 3.05) is 0 Å². The van der Waals surface area contributed by atoms with Crippen molar-refractivity contribution < 1.29 is 9.59 Å². The molecule has 3 N–H and O–H groups in total. The number of hydrogen-bond donors (Lipinski definition) is 3. The summed E-state index contributed by atoms with van der Waals surface area (Å²) in [5, 5.41) is 2.74. The van der Waals surface area contributed by atoms with Gasteiger partial charge in [-0.05, 0) is 29.8 Å². The lowest BCUT2D eigenvalue weighted by Crippen LogP contribution is -2.49. The number of carbonyl (C=O) groups excluding carboxylic acids is 2. The van der Waals surface area contributed by atoms with Crippen LogP contribution in [0.1, 0.15) is 49.7 Å². The lowest BCUT2D eigenvalue weighted by molar-refractivity contribution is -0.122. The fourth-order valence-corrected chi connectivity index (χ4v) is 2.88. The molecule has 142 valence electrons. The highest BCUT2D eigenvalue weighted by Crippen LogP contribution is 2.24. The largest absolute Gasteiger partial charge is 0.301 e. The zero-order valence-electron chi connectivity index (χ0n) is 15.4. The molecule has 0 unspecified atom stereocenters. The summed E-state index contributed by atoms with van der Waals surface area (Å²) in [5.41, 5.74) is 6.85. The van der Waals surface area contributed by atoms with E-state index in [4.69, 9.17) is 12.2 Å². The lowest BCUT2D eigenvalue weighted by atomic mass is 9.90. The van der Waals surface area contributed by atoms with Crippen LogP contribution in [-0.2, 0) is 9.59 Å². The molecule has 0 aromatic heterocycles. The molecule has 2 aromatic rings. The van der Waals surface area contributed by atoms with E-state index in [0.717, 1.165) is 30.4 Å². The van der Waals surface area contributed by atoms with Gasteiger partial charge < -0.3 is 5.32 Å². The second kappa shape index (κ2) is 11.1. The third kappa shape index (κ3) is 6.83. The molecule has 27 heavy (non-hydrogen) atoms. The van der Waals surface area contributed by atoms with Crippen LogP contribution in [0.15, 0.2) is 60.7 Å². The Hall–Kier alpha value is -2.73. The summed E-state index contributed by atoms with van der Waals surface area (Å²) in [4.78, 5) is 24.6. The predicted octanol–water partition coefficient (Wildman–Crippen LogP) is 3.42. The smallest absolute Gasteiger partial charge is 0.238 e. The average Bonchev–Trinajstić information content (AvgIpc) is 2.68. The van der Waals surface area contributed by atoms with E-state index in [1.807, 2.05) is 60.7 Å². The molecule has 0 aliphatic rings. The van der Waals surface area contributed by atoms with Crippen LogP contribution in [0.5, 0.6) is 0 Å². The summed E-state index contributed by atoms with van der Waals surface area (Å²) < 4.78 is 0. The molecule has 0 spiro atoms. The Labute approximate surface area is 165 Å². The van der Waals surface area contributed by atoms with Gasteiger partial charge in [0.15, 0.2) is 5.11 Å². The highest BCUT2D eigenvalue weighted by atomic mass is 32.1. The fraction of sp³-hybridized carbons (Fsp3) is 0.286. The minimum absolute atomic E-state index is 0.0701. The topological polar surface area (TPSA) is 70.2 Å². The normalized spacial score (nSPS) is 10.3. The Balaban J connectivity index is 1.98. The summed E-state index contributed by atoms with van der Waals surface area (Å²) in [5.74, 6) is -0.903. The van der Waals surface area contributed by atoms with E-state index in [1.165, 1.54) is 0 Å². The van der Waals surface area contributed by atoms with Gasteiger partial charge in [0.05, 0.1) is 5.92 Å². The molecule has 0 fully saturated rings. The van der Waals surface area contributed by atoms with Crippen LogP contribution in [0, 0.1) is 0 Å². The Bertz CT molecular complexity index is 711. The third-order valence-corrected chi connectivity index (χ3v) is 4.29. The Morgan fingerprint density at radius 1 is 0.889 bits per heavy atom. The van der Waals surface area contributed by atoms with Crippen molar-refractivity contribution in [2.45, 2.75) is 38.5 Å². The number of rotatable bonds is 7. The molecule has 0 aliphatic heterocycles. The van der Waals surface area contributed by atoms with Gasteiger partial charge >= 0.3 is 0 Å². The summed E-state index contributed by atoms with van der Waals surface area (Å²) >= 11 is 5.15. The number of hydrazine groups is 1. The van der Waals surface area contributed by atoms with Gasteiger partial charge in [0.1, 0.15) is 0 Å². The van der Waals surface area contributed by atoms with E-state index in [-0.39, 0.29) is 16.9 Å². The monoisotopic (exact) mass is 383 g/mol. The molecule has 0 radical (unpaired) electrons. The van der Waals surface area contributed by atoms with E-state index in [2.05, 4.69) is 23.1 Å². The van der Waals surface area contributed by atoms with Crippen molar-refractivity contribution in [3.8, 4) is 0 Å². The van der Waals surface area contributed by atoms with Gasteiger partial charge in [-0.15, -0.1) is 0 Å². The maximum Gasteiger partial charge on any atom is 0.238 e. The summed E-state index contributed by atoms with van der Waals surface area (Å²) in [6, 6.07) is 19.0. The van der Waals surface area contributed by atoms with Gasteiger partial charge in [-0.3, -0.25) is 20.4 Å². The van der Waals surface area contributed by atoms with E-state index in [1.54, 1.807) is 0 Å². The van der Waals surface area contributed by atoms with E-state index < -0.39 is 5.92 Å². The second-order valence-corrected chi connectivity index (χ2v) is 6.61. The van der Waals surface area contributed by atoms with Crippen molar-refractivity contribution in [3.63, 3.8) is 0 Å². The maximum absolute atomic E-state index is 12.9. The molecule has 0 atom stereocenters. The molecular weight excluding hydrogens is 358 g/mol. The van der Waals surface area contributed by atoms with E-state index in [0.29, 0.717) is 6.42 Å². The number of hydrogen-bond acceptors (Lipinski definition) is 3. The molecular formula is C21H25N3O2S. The van der Waals surface area contributed by atoms with Crippen LogP contribution < -0.4 is 16.2 Å². The highest BCUT2D eigenvalue weighted by molar-refractivity contribution is 7.80. The van der Waals surface area contributed by atoms with Gasteiger partial charge in [-0.1, -0.05) is 80.4 Å². The molecule has 0 saturated heterocycles. The van der Waals surface area contributed by atoms with E-state index >= 15 is 0 Å². The standard InChI is InChI=1S/C21H25N3O2S/c1-2-3-6-15-18(25)23-24-21(27)22-20(26)19(16-11-7-4-8-12-16)17-13-9-5-10-14-17/h4-5,7-14,19H,2-3,6,15H2,1H3,(H,23,25)(H2,22,24,26,27). The molecule has 2 rings (SSSR count). The minimum Gasteiger partial charge on any atom is -0.301 e. The molecule has 0 saturated carbocycles. The molecule has 0 aliphatic carbocycles. The first-order valence-corrected chi connectivity index (χ1v) is 9.52. The number of amides is 2. The third-order valence-electron chi connectivity index (χ3n) is 4.09. The summed E-state index contributed by atoms with van der Waals surface area (Å²) in [6.45, 7) is 2.08. The predicted molar refractivity (Wildman–Crippen MR) is 111 cm³/mol. The van der Waals surface area contributed by atoms with Crippen LogP contribution in [0.2, 0.25) is 0 Å². The SMILES string of the molecule is CCCCCC(=O)NNC(=S)NC(=O)C(c1ccccc1)c1ccccc1. The van der Waals surface area contributed by atoms with Crippen LogP contribution in [0.25, 0.3) is 0 Å². The van der Waals surface area contributed by atoms with Gasteiger partial charge in [0, 0.05) is 6.42 Å². The summed E-state index contributed by atoms with van der Waals surface area (Å²) in [6.07, 6.45) is 3.31. The van der Waals surface area contributed by atoms with Gasteiger partial charge in [0.2, 0.25) is 11.8 Å². The molecule has 5 nitrogen and oxygen atoms in total. The number of nitrogens with one attached hydrogen (secondary N) is 3. The second-order valence-electron chi connectivity index (χ2n) is 6.20. The molecule has 0 bridgehead atoms. The van der Waals surface area contributed by atoms with Crippen LogP contribution in [0.4, 0.5) is 0 Å². The molecule has 0 heterocycles. The molecule has 2 amide bonds. The van der Waals surface area contributed by atoms with Crippen LogP contribution in [-0.4, -0.2) is 16.9 Å². The van der Waals surface area contributed by atoms with Crippen LogP contribution >= 0.6 is 12.2 Å². The van der Waals surface area contributed by atoms with Crippen molar-refractivity contribution >= 4 is 29.1 Å². The number of thiocarbonyl (C=S) groups is 1. The molecule has 6 heteroatoms. The van der Waals surface area contributed by atoms with Crippen LogP contribution in [0.3, 0.4) is 0 Å². The number of benzene rings is 2. The lowest BCUT2D eigenvalue weighted by Gasteiger charge is -2.18. The van der Waals surface area contributed by atoms with Crippen molar-refractivity contribution in [3.05, 3.63) is 71.8 Å². The highest BCUT2D eigenvalue weighted by Gasteiger charge is 2.23. The van der Waals surface area contributed by atoms with Gasteiger partial charge in [-0.25, -0.2) is 0 Å². The summed E-state index contributed by atoms with van der Waals surface area (Å²) in [7, 11) is 0. The van der Waals surface area contributed by atoms with Crippen molar-refractivity contribution in [1.82, 2.24) is 16.2 Å². The van der Waals surface area contributed by atoms with Crippen molar-refractivity contribution in [1.29, 1.82) is 0 Å². The Morgan fingerprint density at radius 2 is 1.44 bits per heavy atom. The Kier molecular flexibility index (Phi) is 8.45. The zero-order valence-corrected chi connectivity index (χ0v) is 16.2. The maximum atomic E-state index is 12.9. The first-order valence-electron chi connectivity index (χ1n) is 9.11. The van der Waals surface area contributed by atoms with Crippen molar-refractivity contribution in [2.24, 2.45) is 0 Å².